The first-order valence-corrected chi connectivity index (χ1v) is 9.63. The van der Waals surface area contributed by atoms with Crippen LogP contribution in [0.15, 0.2) is 78.9 Å². The molecular weight excluding hydrogens is 383 g/mol. The fourth-order valence-electron chi connectivity index (χ4n) is 2.31. The Bertz CT molecular complexity index is 999. The molecule has 0 saturated carbocycles. The van der Waals surface area contributed by atoms with Crippen LogP contribution in [-0.2, 0) is 9.36 Å². The molecule has 0 bridgehead atoms. The summed E-state index contributed by atoms with van der Waals surface area (Å²) < 4.78 is 29.6. The molecule has 0 aliphatic carbocycles. The van der Waals surface area contributed by atoms with Crippen LogP contribution >= 0.6 is 7.60 Å². The van der Waals surface area contributed by atoms with Crippen LogP contribution in [0.2, 0.25) is 0 Å². The van der Waals surface area contributed by atoms with Crippen molar-refractivity contribution in [1.29, 1.82) is 0 Å². The quantitative estimate of drug-likeness (QED) is 0.454. The summed E-state index contributed by atoms with van der Waals surface area (Å²) in [4.78, 5) is 21.4. The van der Waals surface area contributed by atoms with E-state index in [9.17, 15) is 14.2 Å². The van der Waals surface area contributed by atoms with Crippen LogP contribution < -0.4 is 19.1 Å². The molecule has 0 spiro atoms. The zero-order chi connectivity index (χ0) is 20.0. The van der Waals surface area contributed by atoms with Gasteiger partial charge in [-0.2, -0.15) is 0 Å². The van der Waals surface area contributed by atoms with Gasteiger partial charge in [-0.15, -0.1) is 0 Å². The van der Waals surface area contributed by atoms with Crippen LogP contribution in [0, 0.1) is 0 Å². The van der Waals surface area contributed by atoms with E-state index in [4.69, 9.17) is 18.9 Å². The Morgan fingerprint density at radius 2 is 1.29 bits per heavy atom. The highest BCUT2D eigenvalue weighted by Crippen LogP contribution is 2.47. The van der Waals surface area contributed by atoms with E-state index in [2.05, 4.69) is 0 Å². The minimum absolute atomic E-state index is 0.0774. The molecule has 28 heavy (non-hydrogen) atoms. The molecule has 0 fully saturated rings. The number of carbonyl (C=O) groups excluding carboxylic acids is 1. The Morgan fingerprint density at radius 1 is 0.786 bits per heavy atom. The van der Waals surface area contributed by atoms with Crippen molar-refractivity contribution in [1.82, 2.24) is 0 Å². The van der Waals surface area contributed by atoms with E-state index in [0.717, 1.165) is 0 Å². The first-order chi connectivity index (χ1) is 13.5. The maximum Gasteiger partial charge on any atom is 0.462 e. The van der Waals surface area contributed by atoms with Crippen molar-refractivity contribution in [3.05, 3.63) is 84.4 Å². The fraction of sp³-hybridized carbons (Fsp3) is 0. The molecule has 0 heterocycles. The lowest BCUT2D eigenvalue weighted by molar-refractivity contribution is -0.120. The summed E-state index contributed by atoms with van der Waals surface area (Å²) in [5.74, 6) is -0.334. The number of aromatic carboxylic acids is 1. The molecule has 0 aromatic heterocycles. The molecule has 0 aliphatic heterocycles. The summed E-state index contributed by atoms with van der Waals surface area (Å²) in [5.41, 5.74) is 0.0774. The number of hydrogen-bond donors (Lipinski definition) is 1. The fourth-order valence-corrected chi connectivity index (χ4v) is 3.89. The van der Waals surface area contributed by atoms with Gasteiger partial charge in [-0.1, -0.05) is 18.2 Å². The molecule has 3 rings (SSSR count). The summed E-state index contributed by atoms with van der Waals surface area (Å²) in [5, 5.41) is 9.31. The lowest BCUT2D eigenvalue weighted by Crippen LogP contribution is -2.14. The number of rotatable bonds is 8. The standard InChI is InChI=1S/C20H15O7P/c21-14-25-16-10-12-18(13-11-16)27-28(24,19-4-2-1-3-5-19)26-17-8-6-15(7-9-17)20(22)23/h1-14H,(H,22,23). The topological polar surface area (TPSA) is 99.1 Å². The van der Waals surface area contributed by atoms with Gasteiger partial charge in [0.25, 0.3) is 6.47 Å². The van der Waals surface area contributed by atoms with Crippen molar-refractivity contribution in [2.75, 3.05) is 0 Å². The zero-order valence-corrected chi connectivity index (χ0v) is 15.3. The maximum absolute atomic E-state index is 13.5. The maximum atomic E-state index is 13.5. The van der Waals surface area contributed by atoms with Crippen LogP contribution in [-0.4, -0.2) is 17.5 Å². The van der Waals surface area contributed by atoms with Crippen LogP contribution in [0.25, 0.3) is 0 Å². The van der Waals surface area contributed by atoms with Gasteiger partial charge in [-0.25, -0.2) is 9.36 Å². The van der Waals surface area contributed by atoms with Crippen LogP contribution in [0.3, 0.4) is 0 Å². The first kappa shape index (κ1) is 19.2. The van der Waals surface area contributed by atoms with Gasteiger partial charge in [-0.3, -0.25) is 4.79 Å². The lowest BCUT2D eigenvalue weighted by atomic mass is 10.2. The van der Waals surface area contributed by atoms with E-state index < -0.39 is 13.6 Å². The molecule has 0 radical (unpaired) electrons. The summed E-state index contributed by atoms with van der Waals surface area (Å²) in [6.45, 7) is 0.300. The molecule has 8 heteroatoms. The summed E-state index contributed by atoms with van der Waals surface area (Å²) in [7, 11) is -3.84. The third-order valence-corrected chi connectivity index (χ3v) is 5.47. The van der Waals surface area contributed by atoms with E-state index in [1.165, 1.54) is 48.5 Å². The molecule has 0 amide bonds. The normalized spacial score (nSPS) is 12.4. The second-order valence-corrected chi connectivity index (χ2v) is 7.41. The monoisotopic (exact) mass is 398 g/mol. The Kier molecular flexibility index (Phi) is 5.77. The zero-order valence-electron chi connectivity index (χ0n) is 14.4. The average Bonchev–Trinajstić information content (AvgIpc) is 2.71. The van der Waals surface area contributed by atoms with E-state index in [0.29, 0.717) is 17.5 Å². The Hall–Kier alpha value is -3.57. The van der Waals surface area contributed by atoms with Gasteiger partial charge in [0.05, 0.1) is 10.9 Å². The van der Waals surface area contributed by atoms with E-state index in [1.54, 1.807) is 30.3 Å². The van der Waals surface area contributed by atoms with Crippen molar-refractivity contribution in [3.8, 4) is 17.2 Å². The van der Waals surface area contributed by atoms with Gasteiger partial charge in [0.1, 0.15) is 17.2 Å². The Labute approximate surface area is 160 Å². The minimum Gasteiger partial charge on any atom is -0.478 e. The highest BCUT2D eigenvalue weighted by molar-refractivity contribution is 7.63. The Balaban J connectivity index is 1.90. The van der Waals surface area contributed by atoms with Crippen molar-refractivity contribution in [2.45, 2.75) is 0 Å². The summed E-state index contributed by atoms with van der Waals surface area (Å²) in [6.07, 6.45) is 0. The molecule has 1 N–H and O–H groups in total. The first-order valence-electron chi connectivity index (χ1n) is 8.09. The molecule has 0 aliphatic rings. The average molecular weight is 398 g/mol. The molecule has 1 unspecified atom stereocenters. The highest BCUT2D eigenvalue weighted by Gasteiger charge is 2.31. The largest absolute Gasteiger partial charge is 0.478 e. The molecule has 0 saturated heterocycles. The molecule has 3 aromatic rings. The van der Waals surface area contributed by atoms with Crippen molar-refractivity contribution < 1.29 is 33.0 Å². The molecule has 7 nitrogen and oxygen atoms in total. The van der Waals surface area contributed by atoms with Gasteiger partial charge < -0.3 is 18.9 Å². The van der Waals surface area contributed by atoms with Crippen LogP contribution in [0.5, 0.6) is 17.2 Å². The predicted octanol–water partition coefficient (Wildman–Crippen LogP) is 3.90. The van der Waals surface area contributed by atoms with Crippen molar-refractivity contribution in [2.24, 2.45) is 0 Å². The number of carboxylic acid groups (broad SMARTS) is 1. The van der Waals surface area contributed by atoms with Crippen LogP contribution in [0.1, 0.15) is 10.4 Å². The Morgan fingerprint density at radius 3 is 1.79 bits per heavy atom. The smallest absolute Gasteiger partial charge is 0.462 e. The predicted molar refractivity (Wildman–Crippen MR) is 101 cm³/mol. The van der Waals surface area contributed by atoms with Gasteiger partial charge in [0.15, 0.2) is 0 Å². The number of carboxylic acids is 1. The third-order valence-electron chi connectivity index (χ3n) is 3.63. The second kappa shape index (κ2) is 8.41. The summed E-state index contributed by atoms with van der Waals surface area (Å²) in [6, 6.07) is 19.8. The van der Waals surface area contributed by atoms with Gasteiger partial charge in [0, 0.05) is 0 Å². The third kappa shape index (κ3) is 4.58. The highest BCUT2D eigenvalue weighted by atomic mass is 31.2. The second-order valence-electron chi connectivity index (χ2n) is 5.53. The van der Waals surface area contributed by atoms with E-state index in [1.807, 2.05) is 0 Å². The van der Waals surface area contributed by atoms with Crippen molar-refractivity contribution >= 4 is 25.3 Å². The van der Waals surface area contributed by atoms with E-state index >= 15 is 0 Å². The van der Waals surface area contributed by atoms with E-state index in [-0.39, 0.29) is 17.1 Å². The number of benzene rings is 3. The lowest BCUT2D eigenvalue weighted by Gasteiger charge is -2.20. The minimum atomic E-state index is -3.84. The molecular formula is C20H15O7P. The van der Waals surface area contributed by atoms with Crippen molar-refractivity contribution in [3.63, 3.8) is 0 Å². The van der Waals surface area contributed by atoms with Gasteiger partial charge in [0.2, 0.25) is 0 Å². The van der Waals surface area contributed by atoms with Gasteiger partial charge in [-0.05, 0) is 60.7 Å². The molecule has 1 atom stereocenters. The number of ether oxygens (including phenoxy) is 1. The summed E-state index contributed by atoms with van der Waals surface area (Å²) >= 11 is 0. The number of carbonyl (C=O) groups is 2. The van der Waals surface area contributed by atoms with Gasteiger partial charge >= 0.3 is 13.6 Å². The molecule has 3 aromatic carbocycles. The number of hydrogen-bond acceptors (Lipinski definition) is 6. The SMILES string of the molecule is O=COc1ccc(OP(=O)(Oc2ccc(C(=O)O)cc2)c2ccccc2)cc1. The molecule has 142 valence electrons. The van der Waals surface area contributed by atoms with Crippen LogP contribution in [0.4, 0.5) is 0 Å².